The van der Waals surface area contributed by atoms with Gasteiger partial charge in [0.2, 0.25) is 6.29 Å². The van der Waals surface area contributed by atoms with Crippen molar-refractivity contribution in [2.24, 2.45) is 0 Å². The second-order valence-electron chi connectivity index (χ2n) is 7.47. The lowest BCUT2D eigenvalue weighted by Crippen LogP contribution is -2.59. The van der Waals surface area contributed by atoms with Gasteiger partial charge in [0.1, 0.15) is 24.4 Å². The van der Waals surface area contributed by atoms with Crippen LogP contribution in [0, 0.1) is 0 Å². The molecule has 160 valence electrons. The zero-order valence-corrected chi connectivity index (χ0v) is 16.6. The summed E-state index contributed by atoms with van der Waals surface area (Å²) in [5.41, 5.74) is 0. The van der Waals surface area contributed by atoms with Gasteiger partial charge in [-0.1, -0.05) is 71.1 Å². The second-order valence-corrected chi connectivity index (χ2v) is 7.47. The number of hydrogen-bond acceptors (Lipinski definition) is 7. The van der Waals surface area contributed by atoms with Crippen molar-refractivity contribution in [3.05, 3.63) is 0 Å². The van der Waals surface area contributed by atoms with E-state index < -0.39 is 43.3 Å². The Bertz CT molecular complexity index is 389. The zero-order chi connectivity index (χ0) is 20.1. The van der Waals surface area contributed by atoms with Crippen molar-refractivity contribution in [3.63, 3.8) is 0 Å². The molecule has 0 aromatic rings. The number of rotatable bonds is 14. The third-order valence-corrected chi connectivity index (χ3v) is 5.08. The Morgan fingerprint density at radius 1 is 0.815 bits per heavy atom. The molecule has 0 radical (unpaired) electrons. The van der Waals surface area contributed by atoms with Gasteiger partial charge in [-0.25, -0.2) is 0 Å². The Morgan fingerprint density at radius 2 is 1.33 bits per heavy atom. The molecule has 1 unspecified atom stereocenters. The molecule has 7 heteroatoms. The monoisotopic (exact) mass is 390 g/mol. The van der Waals surface area contributed by atoms with Gasteiger partial charge in [0.25, 0.3) is 0 Å². The smallest absolute Gasteiger partial charge is 0.308 e. The number of carbonyl (C=O) groups excluding carboxylic acids is 1. The molecule has 0 aromatic carbocycles. The topological polar surface area (TPSA) is 116 Å². The van der Waals surface area contributed by atoms with E-state index in [0.717, 1.165) is 12.8 Å². The molecule has 1 heterocycles. The largest absolute Gasteiger partial charge is 0.433 e. The van der Waals surface area contributed by atoms with Crippen LogP contribution in [0.3, 0.4) is 0 Å². The van der Waals surface area contributed by atoms with Crippen LogP contribution in [-0.2, 0) is 14.3 Å². The molecular weight excluding hydrogens is 352 g/mol. The van der Waals surface area contributed by atoms with E-state index in [0.29, 0.717) is 6.42 Å². The third-order valence-electron chi connectivity index (χ3n) is 5.08. The Kier molecular flexibility index (Phi) is 12.9. The number of unbranched alkanes of at least 4 members (excludes halogenated alkanes) is 10. The Hall–Kier alpha value is -0.730. The maximum absolute atomic E-state index is 11.9. The molecule has 0 amide bonds. The SMILES string of the molecule is CCCCCCCCCCCCCC(=O)OC1O[C@H](CO)[C@@H](O)[C@H](O)[C@H]1O. The molecule has 1 saturated heterocycles. The number of aliphatic hydroxyl groups is 4. The summed E-state index contributed by atoms with van der Waals surface area (Å²) in [4.78, 5) is 11.9. The van der Waals surface area contributed by atoms with E-state index in [9.17, 15) is 20.1 Å². The van der Waals surface area contributed by atoms with Crippen LogP contribution in [0.4, 0.5) is 0 Å². The fourth-order valence-electron chi connectivity index (χ4n) is 3.29. The molecule has 1 aliphatic rings. The molecule has 0 aromatic heterocycles. The Morgan fingerprint density at radius 3 is 1.85 bits per heavy atom. The van der Waals surface area contributed by atoms with Crippen molar-refractivity contribution >= 4 is 5.97 Å². The maximum atomic E-state index is 11.9. The predicted molar refractivity (Wildman–Crippen MR) is 101 cm³/mol. The van der Waals surface area contributed by atoms with Crippen molar-refractivity contribution in [3.8, 4) is 0 Å². The van der Waals surface area contributed by atoms with Crippen LogP contribution in [0.5, 0.6) is 0 Å². The minimum absolute atomic E-state index is 0.214. The highest BCUT2D eigenvalue weighted by molar-refractivity contribution is 5.69. The summed E-state index contributed by atoms with van der Waals surface area (Å²) in [6.45, 7) is 1.68. The van der Waals surface area contributed by atoms with E-state index in [-0.39, 0.29) is 6.42 Å². The van der Waals surface area contributed by atoms with E-state index in [1.54, 1.807) is 0 Å². The molecule has 7 nitrogen and oxygen atoms in total. The van der Waals surface area contributed by atoms with Crippen molar-refractivity contribution in [2.45, 2.75) is 115 Å². The van der Waals surface area contributed by atoms with Crippen LogP contribution < -0.4 is 0 Å². The van der Waals surface area contributed by atoms with E-state index in [1.165, 1.54) is 51.4 Å². The van der Waals surface area contributed by atoms with E-state index in [2.05, 4.69) is 6.92 Å². The number of carbonyl (C=O) groups is 1. The highest BCUT2D eigenvalue weighted by Gasteiger charge is 2.45. The van der Waals surface area contributed by atoms with Crippen molar-refractivity contribution in [1.82, 2.24) is 0 Å². The minimum atomic E-state index is -1.54. The first-order valence-corrected chi connectivity index (χ1v) is 10.5. The van der Waals surface area contributed by atoms with Gasteiger partial charge in [-0.2, -0.15) is 0 Å². The van der Waals surface area contributed by atoms with Crippen LogP contribution in [0.2, 0.25) is 0 Å². The van der Waals surface area contributed by atoms with Crippen molar-refractivity contribution < 1.29 is 34.7 Å². The zero-order valence-electron chi connectivity index (χ0n) is 16.6. The first-order valence-electron chi connectivity index (χ1n) is 10.5. The van der Waals surface area contributed by atoms with E-state index in [1.807, 2.05) is 0 Å². The molecule has 4 N–H and O–H groups in total. The van der Waals surface area contributed by atoms with E-state index in [4.69, 9.17) is 14.6 Å². The van der Waals surface area contributed by atoms with Gasteiger partial charge in [0, 0.05) is 6.42 Å². The van der Waals surface area contributed by atoms with Crippen LogP contribution in [0.1, 0.15) is 84.0 Å². The highest BCUT2D eigenvalue weighted by atomic mass is 16.7. The molecular formula is C20H38O7. The Balaban J connectivity index is 2.07. The summed E-state index contributed by atoms with van der Waals surface area (Å²) >= 11 is 0. The molecule has 1 aliphatic heterocycles. The van der Waals surface area contributed by atoms with Crippen molar-refractivity contribution in [2.75, 3.05) is 6.61 Å². The van der Waals surface area contributed by atoms with Gasteiger partial charge < -0.3 is 29.9 Å². The molecule has 5 atom stereocenters. The lowest BCUT2D eigenvalue weighted by Gasteiger charge is -2.39. The number of aliphatic hydroxyl groups excluding tert-OH is 4. The molecule has 27 heavy (non-hydrogen) atoms. The van der Waals surface area contributed by atoms with Crippen LogP contribution in [0.25, 0.3) is 0 Å². The molecule has 0 aliphatic carbocycles. The minimum Gasteiger partial charge on any atom is -0.433 e. The fraction of sp³-hybridized carbons (Fsp3) is 0.950. The van der Waals surface area contributed by atoms with E-state index >= 15 is 0 Å². The predicted octanol–water partition coefficient (Wildman–Crippen LogP) is 2.03. The van der Waals surface area contributed by atoms with Crippen LogP contribution in [0.15, 0.2) is 0 Å². The highest BCUT2D eigenvalue weighted by Crippen LogP contribution is 2.22. The molecule has 1 rings (SSSR count). The van der Waals surface area contributed by atoms with Crippen molar-refractivity contribution in [1.29, 1.82) is 0 Å². The lowest BCUT2D eigenvalue weighted by atomic mass is 9.99. The number of ether oxygens (including phenoxy) is 2. The standard InChI is InChI=1S/C20H38O7/c1-2-3-4-5-6-7-8-9-10-11-12-13-16(22)27-20-19(25)18(24)17(23)15(14-21)26-20/h15,17-21,23-25H,2-14H2,1H3/t15-,17-,18+,19-,20?/m1/s1. The summed E-state index contributed by atoms with van der Waals surface area (Å²) in [6.07, 6.45) is 6.27. The van der Waals surface area contributed by atoms with Gasteiger partial charge in [0.15, 0.2) is 0 Å². The third kappa shape index (κ3) is 9.34. The average molecular weight is 391 g/mol. The van der Waals surface area contributed by atoms with Crippen LogP contribution in [-0.4, -0.2) is 63.7 Å². The van der Waals surface area contributed by atoms with Gasteiger partial charge in [-0.15, -0.1) is 0 Å². The molecule has 0 bridgehead atoms. The molecule has 1 fully saturated rings. The quantitative estimate of drug-likeness (QED) is 0.265. The number of hydrogen-bond donors (Lipinski definition) is 4. The molecule has 0 spiro atoms. The summed E-state index contributed by atoms with van der Waals surface area (Å²) < 4.78 is 10.2. The summed E-state index contributed by atoms with van der Waals surface area (Å²) in [5, 5.41) is 38.3. The van der Waals surface area contributed by atoms with Gasteiger partial charge in [-0.3, -0.25) is 4.79 Å². The molecule has 0 saturated carbocycles. The summed E-state index contributed by atoms with van der Waals surface area (Å²) in [5.74, 6) is -0.518. The summed E-state index contributed by atoms with van der Waals surface area (Å²) in [6, 6.07) is 0. The lowest BCUT2D eigenvalue weighted by molar-refractivity contribution is -0.292. The summed E-state index contributed by atoms with van der Waals surface area (Å²) in [7, 11) is 0. The first-order chi connectivity index (χ1) is 13.0. The Labute approximate surface area is 162 Å². The van der Waals surface area contributed by atoms with Gasteiger partial charge in [0.05, 0.1) is 6.61 Å². The van der Waals surface area contributed by atoms with Gasteiger partial charge in [-0.05, 0) is 6.42 Å². The average Bonchev–Trinajstić information content (AvgIpc) is 2.66. The van der Waals surface area contributed by atoms with Gasteiger partial charge >= 0.3 is 5.97 Å². The number of esters is 1. The second kappa shape index (κ2) is 14.3. The normalized spacial score (nSPS) is 28.3. The maximum Gasteiger partial charge on any atom is 0.308 e. The first kappa shape index (κ1) is 24.3. The van der Waals surface area contributed by atoms with Crippen LogP contribution >= 0.6 is 0 Å². The fourth-order valence-corrected chi connectivity index (χ4v) is 3.29.